The zero-order valence-electron chi connectivity index (χ0n) is 35.8. The predicted octanol–water partition coefficient (Wildman–Crippen LogP) is 10.2. The predicted molar refractivity (Wildman–Crippen MR) is 237 cm³/mol. The van der Waals surface area contributed by atoms with E-state index in [1.54, 1.807) is 0 Å². The van der Waals surface area contributed by atoms with Gasteiger partial charge in [-0.25, -0.2) is 0 Å². The van der Waals surface area contributed by atoms with E-state index in [9.17, 15) is 9.13 Å². The second kappa shape index (κ2) is 16.2. The minimum absolute atomic E-state index is 0.0156. The lowest BCUT2D eigenvalue weighted by molar-refractivity contribution is -0.0680. The quantitative estimate of drug-likeness (QED) is 0.145. The van der Waals surface area contributed by atoms with E-state index in [2.05, 4.69) is 48.5 Å². The number of benzene rings is 4. The Morgan fingerprint density at radius 1 is 0.421 bits per heavy atom. The molecule has 0 radical (unpaired) electrons. The minimum Gasteiger partial charge on any atom is -0.314 e. The molecule has 0 saturated carbocycles. The first kappa shape index (κ1) is 44.2. The largest absolute Gasteiger partial charge is 0.331 e. The van der Waals surface area contributed by atoms with E-state index in [1.807, 2.05) is 83.1 Å². The van der Waals surface area contributed by atoms with Gasteiger partial charge in [0.15, 0.2) is 0 Å². The Balaban J connectivity index is 1.18. The van der Waals surface area contributed by atoms with Crippen LogP contribution in [0.4, 0.5) is 0 Å². The van der Waals surface area contributed by atoms with Crippen molar-refractivity contribution < 1.29 is 36.4 Å². The lowest BCUT2D eigenvalue weighted by Crippen LogP contribution is -2.46. The van der Waals surface area contributed by atoms with Crippen LogP contribution in [0.3, 0.4) is 0 Å². The van der Waals surface area contributed by atoms with Gasteiger partial charge in [0.1, 0.15) is 14.3 Å². The van der Waals surface area contributed by atoms with Crippen LogP contribution < -0.4 is 21.2 Å². The lowest BCUT2D eigenvalue weighted by atomic mass is 9.93. The summed E-state index contributed by atoms with van der Waals surface area (Å²) < 4.78 is 83.9. The van der Waals surface area contributed by atoms with Crippen molar-refractivity contribution in [2.45, 2.75) is 83.1 Å². The fourth-order valence-electron chi connectivity index (χ4n) is 9.69. The Kier molecular flexibility index (Phi) is 12.6. The van der Waals surface area contributed by atoms with Gasteiger partial charge in [-0.2, -0.15) is 0 Å². The molecule has 6 rings (SSSR count). The summed E-state index contributed by atoms with van der Waals surface area (Å²) in [5, 5.41) is 3.21. The molecule has 1 spiro atoms. The molecule has 0 bridgehead atoms. The van der Waals surface area contributed by atoms with Crippen LogP contribution in [-0.4, -0.2) is 51.1 Å². The molecule has 0 aliphatic carbocycles. The molecular formula is C45H60O8P4. The Bertz CT molecular complexity index is 2040. The van der Waals surface area contributed by atoms with Gasteiger partial charge in [0.25, 0.3) is 0 Å². The third kappa shape index (κ3) is 8.78. The highest BCUT2D eigenvalue weighted by atomic mass is 31.2. The Morgan fingerprint density at radius 2 is 0.614 bits per heavy atom. The first-order valence-electron chi connectivity index (χ1n) is 19.8. The van der Waals surface area contributed by atoms with Gasteiger partial charge in [-0.1, -0.05) is 70.8 Å². The van der Waals surface area contributed by atoms with Crippen molar-refractivity contribution in [3.05, 3.63) is 115 Å². The van der Waals surface area contributed by atoms with Gasteiger partial charge in [0.05, 0.1) is 44.2 Å². The highest BCUT2D eigenvalue weighted by Crippen LogP contribution is 2.62. The van der Waals surface area contributed by atoms with Crippen molar-refractivity contribution in [1.29, 1.82) is 0 Å². The molecular weight excluding hydrogens is 792 g/mol. The summed E-state index contributed by atoms with van der Waals surface area (Å²) in [5.41, 5.74) is 11.1. The summed E-state index contributed by atoms with van der Waals surface area (Å²) in [7, 11) is -14.0. The fourth-order valence-corrected chi connectivity index (χ4v) is 22.9. The molecule has 2 aliphatic heterocycles. The van der Waals surface area contributed by atoms with Gasteiger partial charge < -0.3 is 27.2 Å². The standard InChI is InChI=1S/C45H60O8P4/c1-29-17-33(5)41(34(6)18-29)54(46,42-35(7)19-30(2)20-36(42)8)13-15-56(48)50-25-45(26-51-56)27-52-57(49,53-28-45)16-14-55(47,43-37(9)21-31(3)22-38(43)10)44-39(11)23-32(4)24-40(44)12/h17-24H,13-16,25-28H2,1-12H3. The van der Waals surface area contributed by atoms with Gasteiger partial charge in [0.2, 0.25) is 0 Å². The number of hydrogen-bond donors (Lipinski definition) is 0. The van der Waals surface area contributed by atoms with Gasteiger partial charge in [-0.05, 0) is 128 Å². The molecule has 4 aromatic rings. The molecule has 2 aliphatic rings. The summed E-state index contributed by atoms with van der Waals surface area (Å²) in [6.45, 7) is 24.2. The summed E-state index contributed by atoms with van der Waals surface area (Å²) in [4.78, 5) is 0. The molecule has 12 heteroatoms. The highest BCUT2D eigenvalue weighted by Gasteiger charge is 2.50. The molecule has 0 aromatic heterocycles. The summed E-state index contributed by atoms with van der Waals surface area (Å²) in [5.74, 6) is 0. The fraction of sp³-hybridized carbons (Fsp3) is 0.467. The topological polar surface area (TPSA) is 105 Å². The lowest BCUT2D eigenvalue weighted by Gasteiger charge is -2.43. The average molecular weight is 853 g/mol. The second-order valence-corrected chi connectivity index (χ2v) is 27.2. The summed E-state index contributed by atoms with van der Waals surface area (Å²) in [6.07, 6.45) is 0.194. The molecule has 2 fully saturated rings. The van der Waals surface area contributed by atoms with Crippen LogP contribution in [0, 0.1) is 88.5 Å². The molecule has 0 amide bonds. The van der Waals surface area contributed by atoms with Crippen molar-refractivity contribution >= 4 is 50.7 Å². The Morgan fingerprint density at radius 3 is 0.807 bits per heavy atom. The van der Waals surface area contributed by atoms with Gasteiger partial charge in [0, 0.05) is 33.5 Å². The van der Waals surface area contributed by atoms with Crippen LogP contribution in [0.2, 0.25) is 0 Å². The van der Waals surface area contributed by atoms with Crippen molar-refractivity contribution in [2.24, 2.45) is 5.41 Å². The van der Waals surface area contributed by atoms with E-state index in [0.717, 1.165) is 88.0 Å². The van der Waals surface area contributed by atoms with Crippen LogP contribution >= 0.6 is 29.5 Å². The normalized spacial score (nSPS) is 22.9. The van der Waals surface area contributed by atoms with Crippen LogP contribution in [-0.2, 0) is 36.4 Å². The van der Waals surface area contributed by atoms with Crippen molar-refractivity contribution in [2.75, 3.05) is 51.1 Å². The zero-order valence-corrected chi connectivity index (χ0v) is 39.4. The maximum absolute atomic E-state index is 15.6. The number of aryl methyl sites for hydroxylation is 12. The summed E-state index contributed by atoms with van der Waals surface area (Å²) in [6, 6.07) is 16.5. The number of rotatable bonds is 10. The molecule has 4 aromatic carbocycles. The summed E-state index contributed by atoms with van der Waals surface area (Å²) >= 11 is 0. The van der Waals surface area contributed by atoms with E-state index >= 15 is 9.13 Å². The molecule has 0 N–H and O–H groups in total. The third-order valence-corrected chi connectivity index (χ3v) is 23.4. The molecule has 2 saturated heterocycles. The Labute approximate surface area is 340 Å². The Hall–Kier alpha value is -2.36. The van der Waals surface area contributed by atoms with Gasteiger partial charge in [-0.3, -0.25) is 9.13 Å². The smallest absolute Gasteiger partial charge is 0.314 e. The van der Waals surface area contributed by atoms with Crippen LogP contribution in [0.1, 0.15) is 66.8 Å². The van der Waals surface area contributed by atoms with E-state index < -0.39 is 34.9 Å². The highest BCUT2D eigenvalue weighted by molar-refractivity contribution is 7.80. The van der Waals surface area contributed by atoms with Crippen molar-refractivity contribution in [3.8, 4) is 0 Å². The SMILES string of the molecule is Cc1cc(C)c(P(=O)(CCP2(=O)OCC3(CO2)COP(=O)(CCP(=O)(c2c(C)cc(C)cc2C)c2c(C)cc(C)cc2C)OC3)c2c(C)cc(C)cc2C)c(C)c1. The third-order valence-electron chi connectivity index (χ3n) is 11.6. The number of hydrogen-bond acceptors (Lipinski definition) is 8. The minimum atomic E-state index is -3.67. The van der Waals surface area contributed by atoms with Crippen LogP contribution in [0.5, 0.6) is 0 Å². The van der Waals surface area contributed by atoms with E-state index in [-0.39, 0.29) is 51.1 Å². The first-order chi connectivity index (χ1) is 26.5. The average Bonchev–Trinajstić information content (AvgIpc) is 3.08. The molecule has 8 nitrogen and oxygen atoms in total. The second-order valence-electron chi connectivity index (χ2n) is 17.2. The first-order valence-corrected chi connectivity index (χ1v) is 27.0. The maximum atomic E-state index is 15.6. The van der Waals surface area contributed by atoms with Crippen LogP contribution in [0.25, 0.3) is 0 Å². The van der Waals surface area contributed by atoms with Crippen molar-refractivity contribution in [3.63, 3.8) is 0 Å². The van der Waals surface area contributed by atoms with Crippen LogP contribution in [0.15, 0.2) is 48.5 Å². The molecule has 2 heterocycles. The molecule has 0 atom stereocenters. The molecule has 57 heavy (non-hydrogen) atoms. The van der Waals surface area contributed by atoms with Gasteiger partial charge in [-0.15, -0.1) is 0 Å². The van der Waals surface area contributed by atoms with Crippen molar-refractivity contribution in [1.82, 2.24) is 0 Å². The van der Waals surface area contributed by atoms with E-state index in [1.165, 1.54) is 0 Å². The molecule has 308 valence electrons. The van der Waals surface area contributed by atoms with E-state index in [0.29, 0.717) is 0 Å². The monoisotopic (exact) mass is 852 g/mol. The van der Waals surface area contributed by atoms with E-state index in [4.69, 9.17) is 18.1 Å². The maximum Gasteiger partial charge on any atom is 0.331 e. The molecule has 0 unspecified atom stereocenters. The zero-order chi connectivity index (χ0) is 41.9. The van der Waals surface area contributed by atoms with Gasteiger partial charge >= 0.3 is 15.2 Å².